The van der Waals surface area contributed by atoms with Crippen molar-refractivity contribution in [3.8, 4) is 0 Å². The van der Waals surface area contributed by atoms with Gasteiger partial charge in [0.1, 0.15) is 5.82 Å². The summed E-state index contributed by atoms with van der Waals surface area (Å²) in [6.45, 7) is 8.50. The van der Waals surface area contributed by atoms with Crippen LogP contribution >= 0.6 is 0 Å². The molecule has 0 saturated heterocycles. The van der Waals surface area contributed by atoms with E-state index in [-0.39, 0.29) is 5.41 Å². The van der Waals surface area contributed by atoms with E-state index in [9.17, 15) is 0 Å². The SMILES string of the molecule is Cc1nc(C(C)(C)C)n2cc(N)ccc12. The second-order valence-electron chi connectivity index (χ2n) is 4.99. The minimum atomic E-state index is 0.0327. The second kappa shape index (κ2) is 2.99. The largest absolute Gasteiger partial charge is 0.398 e. The number of aromatic nitrogens is 2. The van der Waals surface area contributed by atoms with Crippen molar-refractivity contribution in [2.45, 2.75) is 33.1 Å². The summed E-state index contributed by atoms with van der Waals surface area (Å²) in [4.78, 5) is 4.61. The first-order valence-corrected chi connectivity index (χ1v) is 5.14. The number of imidazole rings is 1. The third-order valence-corrected chi connectivity index (χ3v) is 2.51. The van der Waals surface area contributed by atoms with Crippen LogP contribution in [0.3, 0.4) is 0 Å². The summed E-state index contributed by atoms with van der Waals surface area (Å²) in [6.07, 6.45) is 1.94. The molecule has 0 aliphatic rings. The molecule has 0 unspecified atom stereocenters. The molecule has 0 aliphatic heterocycles. The molecule has 0 aromatic carbocycles. The van der Waals surface area contributed by atoms with Gasteiger partial charge in [-0.2, -0.15) is 0 Å². The monoisotopic (exact) mass is 203 g/mol. The Morgan fingerprint density at radius 2 is 1.93 bits per heavy atom. The van der Waals surface area contributed by atoms with Gasteiger partial charge >= 0.3 is 0 Å². The number of anilines is 1. The summed E-state index contributed by atoms with van der Waals surface area (Å²) in [6, 6.07) is 3.93. The Labute approximate surface area is 89.9 Å². The van der Waals surface area contributed by atoms with Gasteiger partial charge in [-0.15, -0.1) is 0 Å². The van der Waals surface area contributed by atoms with E-state index in [4.69, 9.17) is 5.73 Å². The van der Waals surface area contributed by atoms with E-state index in [0.29, 0.717) is 0 Å². The molecular formula is C12H17N3. The van der Waals surface area contributed by atoms with Crippen molar-refractivity contribution < 1.29 is 0 Å². The predicted octanol–water partition coefficient (Wildman–Crippen LogP) is 2.52. The molecule has 0 bridgehead atoms. The summed E-state index contributed by atoms with van der Waals surface area (Å²) in [5, 5.41) is 0. The Kier molecular flexibility index (Phi) is 2.00. The van der Waals surface area contributed by atoms with Crippen LogP contribution in [0.25, 0.3) is 5.52 Å². The van der Waals surface area contributed by atoms with Crippen LogP contribution in [0.4, 0.5) is 5.69 Å². The highest BCUT2D eigenvalue weighted by atomic mass is 15.0. The van der Waals surface area contributed by atoms with Crippen molar-refractivity contribution >= 4 is 11.2 Å². The van der Waals surface area contributed by atoms with Gasteiger partial charge in [0.25, 0.3) is 0 Å². The Bertz CT molecular complexity index is 503. The number of pyridine rings is 1. The van der Waals surface area contributed by atoms with Crippen LogP contribution in [0.1, 0.15) is 32.3 Å². The summed E-state index contributed by atoms with van der Waals surface area (Å²) in [5.41, 5.74) is 8.79. The minimum absolute atomic E-state index is 0.0327. The Balaban J connectivity index is 2.81. The van der Waals surface area contributed by atoms with Gasteiger partial charge in [0, 0.05) is 17.3 Å². The predicted molar refractivity (Wildman–Crippen MR) is 63.0 cm³/mol. The minimum Gasteiger partial charge on any atom is -0.398 e. The molecule has 2 aromatic rings. The molecule has 2 N–H and O–H groups in total. The molecule has 0 atom stereocenters. The van der Waals surface area contributed by atoms with Gasteiger partial charge in [-0.3, -0.25) is 0 Å². The highest BCUT2D eigenvalue weighted by molar-refractivity contribution is 5.57. The molecule has 2 aromatic heterocycles. The maximum atomic E-state index is 5.80. The first-order chi connectivity index (χ1) is 6.89. The Morgan fingerprint density at radius 1 is 1.27 bits per heavy atom. The smallest absolute Gasteiger partial charge is 0.119 e. The highest BCUT2D eigenvalue weighted by Gasteiger charge is 2.21. The number of hydrogen-bond acceptors (Lipinski definition) is 2. The van der Waals surface area contributed by atoms with Crippen molar-refractivity contribution in [2.24, 2.45) is 0 Å². The zero-order valence-electron chi connectivity index (χ0n) is 9.70. The molecule has 2 rings (SSSR count). The lowest BCUT2D eigenvalue weighted by Crippen LogP contribution is -2.15. The van der Waals surface area contributed by atoms with Crippen LogP contribution in [0, 0.1) is 6.92 Å². The first kappa shape index (κ1) is 10.0. The third kappa shape index (κ3) is 1.58. The number of nitrogens with two attached hydrogens (primary N) is 1. The van der Waals surface area contributed by atoms with Crippen LogP contribution in [0.2, 0.25) is 0 Å². The van der Waals surface area contributed by atoms with Crippen LogP contribution in [-0.2, 0) is 5.41 Å². The average molecular weight is 203 g/mol. The van der Waals surface area contributed by atoms with Gasteiger partial charge in [0.2, 0.25) is 0 Å². The van der Waals surface area contributed by atoms with Crippen molar-refractivity contribution in [2.75, 3.05) is 5.73 Å². The van der Waals surface area contributed by atoms with Gasteiger partial charge in [-0.1, -0.05) is 20.8 Å². The molecule has 3 nitrogen and oxygen atoms in total. The fourth-order valence-electron chi connectivity index (χ4n) is 1.79. The van der Waals surface area contributed by atoms with Gasteiger partial charge < -0.3 is 10.1 Å². The fourth-order valence-corrected chi connectivity index (χ4v) is 1.79. The number of hydrogen-bond donors (Lipinski definition) is 1. The lowest BCUT2D eigenvalue weighted by Gasteiger charge is -2.16. The lowest BCUT2D eigenvalue weighted by atomic mass is 9.96. The zero-order chi connectivity index (χ0) is 11.2. The van der Waals surface area contributed by atoms with E-state index >= 15 is 0 Å². The molecule has 0 spiro atoms. The van der Waals surface area contributed by atoms with Gasteiger partial charge in [-0.25, -0.2) is 4.98 Å². The second-order valence-corrected chi connectivity index (χ2v) is 4.99. The zero-order valence-corrected chi connectivity index (χ0v) is 9.70. The van der Waals surface area contributed by atoms with Crippen LogP contribution in [0.15, 0.2) is 18.3 Å². The highest BCUT2D eigenvalue weighted by Crippen LogP contribution is 2.25. The molecule has 3 heteroatoms. The van der Waals surface area contributed by atoms with E-state index in [2.05, 4.69) is 30.2 Å². The van der Waals surface area contributed by atoms with Gasteiger partial charge in [0.05, 0.1) is 11.2 Å². The van der Waals surface area contributed by atoms with E-state index in [1.54, 1.807) is 0 Å². The maximum Gasteiger partial charge on any atom is 0.119 e. The quantitative estimate of drug-likeness (QED) is 0.715. The molecule has 15 heavy (non-hydrogen) atoms. The van der Waals surface area contributed by atoms with Crippen molar-refractivity contribution in [1.82, 2.24) is 9.38 Å². The first-order valence-electron chi connectivity index (χ1n) is 5.14. The number of nitrogens with zero attached hydrogens (tertiary/aromatic N) is 2. The van der Waals surface area contributed by atoms with Crippen LogP contribution < -0.4 is 5.73 Å². The van der Waals surface area contributed by atoms with E-state index < -0.39 is 0 Å². The summed E-state index contributed by atoms with van der Waals surface area (Å²) in [5.74, 6) is 1.06. The van der Waals surface area contributed by atoms with Crippen molar-refractivity contribution in [3.63, 3.8) is 0 Å². The molecule has 0 aliphatic carbocycles. The van der Waals surface area contributed by atoms with Crippen molar-refractivity contribution in [3.05, 3.63) is 29.8 Å². The lowest BCUT2D eigenvalue weighted by molar-refractivity contribution is 0.542. The average Bonchev–Trinajstić information content (AvgIpc) is 2.42. The normalized spacial score (nSPS) is 12.3. The molecule has 0 amide bonds. The number of rotatable bonds is 0. The molecule has 0 saturated carbocycles. The van der Waals surface area contributed by atoms with E-state index in [1.165, 1.54) is 0 Å². The Hall–Kier alpha value is -1.51. The molecule has 2 heterocycles. The number of nitrogen functional groups attached to an aromatic ring is 1. The summed E-state index contributed by atoms with van der Waals surface area (Å²) < 4.78 is 2.09. The number of fused-ring (bicyclic) bond motifs is 1. The standard InChI is InChI=1S/C12H17N3/c1-8-10-6-5-9(13)7-15(10)11(14-8)12(2,3)4/h5-7H,13H2,1-4H3. The molecule has 0 fully saturated rings. The van der Waals surface area contributed by atoms with Crippen LogP contribution in [-0.4, -0.2) is 9.38 Å². The van der Waals surface area contributed by atoms with Gasteiger partial charge in [-0.05, 0) is 19.1 Å². The summed E-state index contributed by atoms with van der Waals surface area (Å²) >= 11 is 0. The van der Waals surface area contributed by atoms with E-state index in [1.807, 2.05) is 25.3 Å². The van der Waals surface area contributed by atoms with Crippen LogP contribution in [0.5, 0.6) is 0 Å². The topological polar surface area (TPSA) is 43.3 Å². The van der Waals surface area contributed by atoms with Crippen molar-refractivity contribution in [1.29, 1.82) is 0 Å². The molecular weight excluding hydrogens is 186 g/mol. The molecule has 80 valence electrons. The molecule has 0 radical (unpaired) electrons. The maximum absolute atomic E-state index is 5.80. The fraction of sp³-hybridized carbons (Fsp3) is 0.417. The summed E-state index contributed by atoms with van der Waals surface area (Å²) in [7, 11) is 0. The van der Waals surface area contributed by atoms with E-state index in [0.717, 1.165) is 22.7 Å². The third-order valence-electron chi connectivity index (χ3n) is 2.51. The Morgan fingerprint density at radius 3 is 2.53 bits per heavy atom. The van der Waals surface area contributed by atoms with Gasteiger partial charge in [0.15, 0.2) is 0 Å². The number of aryl methyl sites for hydroxylation is 1.